The second-order valence-corrected chi connectivity index (χ2v) is 10.2. The number of hydrogen-bond acceptors (Lipinski definition) is 6. The number of rotatable bonds is 6. The first-order chi connectivity index (χ1) is 15.3. The highest BCUT2D eigenvalue weighted by Crippen LogP contribution is 2.34. The van der Waals surface area contributed by atoms with Gasteiger partial charge in [0.15, 0.2) is 0 Å². The summed E-state index contributed by atoms with van der Waals surface area (Å²) in [5.74, 6) is 0.288. The second-order valence-electron chi connectivity index (χ2n) is 8.32. The van der Waals surface area contributed by atoms with Crippen LogP contribution in [0.1, 0.15) is 29.5 Å². The second kappa shape index (κ2) is 9.61. The van der Waals surface area contributed by atoms with Gasteiger partial charge in [-0.3, -0.25) is 14.6 Å². The van der Waals surface area contributed by atoms with Crippen molar-refractivity contribution in [3.05, 3.63) is 63.8 Å². The fourth-order valence-corrected chi connectivity index (χ4v) is 6.24. The van der Waals surface area contributed by atoms with E-state index in [1.165, 1.54) is 10.4 Å². The van der Waals surface area contributed by atoms with Crippen molar-refractivity contribution in [3.8, 4) is 10.6 Å². The molecule has 0 N–H and O–H groups in total. The van der Waals surface area contributed by atoms with E-state index in [1.807, 2.05) is 6.07 Å². The molecule has 1 unspecified atom stereocenters. The molecular weight excluding hydrogens is 424 g/mol. The molecule has 7 heteroatoms. The molecule has 2 fully saturated rings. The summed E-state index contributed by atoms with van der Waals surface area (Å²) in [6.07, 6.45) is 2.21. The van der Waals surface area contributed by atoms with Gasteiger partial charge in [-0.1, -0.05) is 36.4 Å². The van der Waals surface area contributed by atoms with Crippen LogP contribution in [0.15, 0.2) is 53.2 Å². The quantitative estimate of drug-likeness (QED) is 0.557. The van der Waals surface area contributed by atoms with Crippen molar-refractivity contribution in [1.82, 2.24) is 19.7 Å². The fraction of sp³-hybridized carbons (Fsp3) is 0.417. The molecule has 0 saturated carbocycles. The third-order valence-corrected chi connectivity index (χ3v) is 8.14. The van der Waals surface area contributed by atoms with Gasteiger partial charge in [0.1, 0.15) is 5.01 Å². The van der Waals surface area contributed by atoms with E-state index in [2.05, 4.69) is 61.9 Å². The van der Waals surface area contributed by atoms with E-state index in [0.29, 0.717) is 6.54 Å². The van der Waals surface area contributed by atoms with Gasteiger partial charge >= 0.3 is 0 Å². The molecular formula is C24H28N4OS2. The number of aromatic nitrogens is 1. The SMILES string of the molecule is O=C(CN1CCN(Cc2csc(-c3ccccc3)n2)CC1)N1CCCC1c1cccs1. The van der Waals surface area contributed by atoms with Crippen molar-refractivity contribution in [2.45, 2.75) is 25.4 Å². The number of benzene rings is 1. The van der Waals surface area contributed by atoms with Gasteiger partial charge < -0.3 is 4.90 Å². The normalized spacial score (nSPS) is 20.4. The Balaban J connectivity index is 1.11. The van der Waals surface area contributed by atoms with Crippen LogP contribution in [0.3, 0.4) is 0 Å². The number of nitrogens with zero attached hydrogens (tertiary/aromatic N) is 4. The Kier molecular flexibility index (Phi) is 6.45. The number of carbonyl (C=O) groups is 1. The topological polar surface area (TPSA) is 39.7 Å². The summed E-state index contributed by atoms with van der Waals surface area (Å²) in [5.41, 5.74) is 2.33. The number of likely N-dealkylation sites (tertiary alicyclic amines) is 1. The average Bonchev–Trinajstić information content (AvgIpc) is 3.57. The first-order valence-electron chi connectivity index (χ1n) is 11.0. The Hall–Kier alpha value is -2.06. The van der Waals surface area contributed by atoms with Crippen molar-refractivity contribution >= 4 is 28.6 Å². The maximum atomic E-state index is 13.0. The van der Waals surface area contributed by atoms with Crippen LogP contribution in [0, 0.1) is 0 Å². The van der Waals surface area contributed by atoms with Crippen molar-refractivity contribution < 1.29 is 4.79 Å². The molecule has 1 amide bonds. The summed E-state index contributed by atoms with van der Waals surface area (Å²) in [7, 11) is 0. The van der Waals surface area contributed by atoms with Crippen molar-refractivity contribution in [3.63, 3.8) is 0 Å². The minimum Gasteiger partial charge on any atom is -0.334 e. The Labute approximate surface area is 191 Å². The molecule has 5 nitrogen and oxygen atoms in total. The molecule has 3 aromatic rings. The van der Waals surface area contributed by atoms with Gasteiger partial charge in [0.05, 0.1) is 18.3 Å². The van der Waals surface area contributed by atoms with E-state index in [9.17, 15) is 4.79 Å². The zero-order chi connectivity index (χ0) is 21.0. The maximum absolute atomic E-state index is 13.0. The Bertz CT molecular complexity index is 980. The summed E-state index contributed by atoms with van der Waals surface area (Å²) >= 11 is 3.49. The van der Waals surface area contributed by atoms with Gasteiger partial charge in [-0.2, -0.15) is 0 Å². The minimum absolute atomic E-state index is 0.288. The van der Waals surface area contributed by atoms with Crippen LogP contribution < -0.4 is 0 Å². The standard InChI is InChI=1S/C24H28N4OS2/c29-23(28-10-4-8-21(28)22-9-5-15-30-22)17-27-13-11-26(12-14-27)16-20-18-31-24(25-20)19-6-2-1-3-7-19/h1-3,5-7,9,15,18,21H,4,8,10-14,16-17H2. The molecule has 0 bridgehead atoms. The molecule has 2 aromatic heterocycles. The number of hydrogen-bond donors (Lipinski definition) is 0. The predicted octanol–water partition coefficient (Wildman–Crippen LogP) is 4.35. The highest BCUT2D eigenvalue weighted by molar-refractivity contribution is 7.13. The van der Waals surface area contributed by atoms with Crippen LogP contribution in [-0.2, 0) is 11.3 Å². The van der Waals surface area contributed by atoms with Gasteiger partial charge in [-0.15, -0.1) is 22.7 Å². The first kappa shape index (κ1) is 20.8. The lowest BCUT2D eigenvalue weighted by atomic mass is 10.2. The summed E-state index contributed by atoms with van der Waals surface area (Å²) < 4.78 is 0. The maximum Gasteiger partial charge on any atom is 0.237 e. The molecule has 0 radical (unpaired) electrons. The molecule has 2 saturated heterocycles. The summed E-state index contributed by atoms with van der Waals surface area (Å²) in [4.78, 5) is 26.0. The predicted molar refractivity (Wildman–Crippen MR) is 127 cm³/mol. The highest BCUT2D eigenvalue weighted by atomic mass is 32.1. The fourth-order valence-electron chi connectivity index (χ4n) is 4.55. The number of amides is 1. The number of thiazole rings is 1. The molecule has 1 aromatic carbocycles. The van der Waals surface area contributed by atoms with Crippen LogP contribution in [0.4, 0.5) is 0 Å². The smallest absolute Gasteiger partial charge is 0.237 e. The third-order valence-electron chi connectivity index (χ3n) is 6.23. The van der Waals surface area contributed by atoms with Gasteiger partial charge in [-0.05, 0) is 24.3 Å². The Morgan fingerprint density at radius 1 is 0.968 bits per heavy atom. The monoisotopic (exact) mass is 452 g/mol. The molecule has 2 aliphatic rings. The summed E-state index contributed by atoms with van der Waals surface area (Å²) in [6.45, 7) is 6.19. The average molecular weight is 453 g/mol. The van der Waals surface area contributed by atoms with E-state index in [1.54, 1.807) is 22.7 Å². The molecule has 162 valence electrons. The van der Waals surface area contributed by atoms with Crippen molar-refractivity contribution in [2.75, 3.05) is 39.3 Å². The molecule has 2 aliphatic heterocycles. The van der Waals surface area contributed by atoms with Gasteiger partial charge in [-0.25, -0.2) is 4.98 Å². The van der Waals surface area contributed by atoms with E-state index in [4.69, 9.17) is 4.98 Å². The minimum atomic E-state index is 0.288. The van der Waals surface area contributed by atoms with E-state index < -0.39 is 0 Å². The summed E-state index contributed by atoms with van der Waals surface area (Å²) in [5, 5.41) is 5.38. The summed E-state index contributed by atoms with van der Waals surface area (Å²) in [6, 6.07) is 14.9. The lowest BCUT2D eigenvalue weighted by molar-refractivity contribution is -0.133. The van der Waals surface area contributed by atoms with Crippen LogP contribution in [0.2, 0.25) is 0 Å². The van der Waals surface area contributed by atoms with Crippen molar-refractivity contribution in [1.29, 1.82) is 0 Å². The van der Waals surface area contributed by atoms with E-state index in [0.717, 1.165) is 62.8 Å². The Morgan fingerprint density at radius 3 is 2.55 bits per heavy atom. The van der Waals surface area contributed by atoms with Crippen LogP contribution in [0.5, 0.6) is 0 Å². The molecule has 0 aliphatic carbocycles. The van der Waals surface area contributed by atoms with Crippen LogP contribution in [-0.4, -0.2) is 64.9 Å². The lowest BCUT2D eigenvalue weighted by Crippen LogP contribution is -2.49. The molecule has 5 rings (SSSR count). The van der Waals surface area contributed by atoms with Crippen molar-refractivity contribution in [2.24, 2.45) is 0 Å². The van der Waals surface area contributed by atoms with Gasteiger partial charge in [0.25, 0.3) is 0 Å². The molecule has 1 atom stereocenters. The zero-order valence-electron chi connectivity index (χ0n) is 17.7. The molecule has 0 spiro atoms. The molecule has 31 heavy (non-hydrogen) atoms. The van der Waals surface area contributed by atoms with E-state index >= 15 is 0 Å². The van der Waals surface area contributed by atoms with Crippen LogP contribution >= 0.6 is 22.7 Å². The highest BCUT2D eigenvalue weighted by Gasteiger charge is 2.31. The third kappa shape index (κ3) is 4.90. The first-order valence-corrected chi connectivity index (χ1v) is 12.8. The Morgan fingerprint density at radius 2 is 1.77 bits per heavy atom. The number of carbonyl (C=O) groups excluding carboxylic acids is 1. The van der Waals surface area contributed by atoms with Crippen LogP contribution in [0.25, 0.3) is 10.6 Å². The lowest BCUT2D eigenvalue weighted by Gasteiger charge is -2.35. The van der Waals surface area contributed by atoms with Gasteiger partial charge in [0.2, 0.25) is 5.91 Å². The van der Waals surface area contributed by atoms with E-state index in [-0.39, 0.29) is 11.9 Å². The largest absolute Gasteiger partial charge is 0.334 e. The number of piperazine rings is 1. The zero-order valence-corrected chi connectivity index (χ0v) is 19.3. The van der Waals surface area contributed by atoms with Gasteiger partial charge in [0, 0.05) is 55.1 Å². The molecule has 4 heterocycles. The number of thiophene rings is 1.